The fourth-order valence-corrected chi connectivity index (χ4v) is 2.24. The zero-order valence-corrected chi connectivity index (χ0v) is 14.0. The molecule has 0 aromatic heterocycles. The van der Waals surface area contributed by atoms with E-state index >= 15 is 0 Å². The van der Waals surface area contributed by atoms with Crippen molar-refractivity contribution in [1.82, 2.24) is 0 Å². The van der Waals surface area contributed by atoms with E-state index in [9.17, 15) is 24.5 Å². The summed E-state index contributed by atoms with van der Waals surface area (Å²) in [6.45, 7) is 2.68. The quantitative estimate of drug-likeness (QED) is 0.111. The van der Waals surface area contributed by atoms with Crippen molar-refractivity contribution in [2.75, 3.05) is 6.61 Å². The normalized spacial score (nSPS) is 27.4. The third-order valence-electron chi connectivity index (χ3n) is 3.04. The first kappa shape index (κ1) is 20.9. The number of carbonyl (C=O) groups excluding carboxylic acids is 3. The molecule has 1 heterocycles. The van der Waals surface area contributed by atoms with E-state index < -0.39 is 60.2 Å². The van der Waals surface area contributed by atoms with Crippen LogP contribution < -0.4 is 0 Å². The van der Waals surface area contributed by atoms with E-state index in [0.29, 0.717) is 0 Å². The summed E-state index contributed by atoms with van der Waals surface area (Å²) in [4.78, 5) is 51.3. The van der Waals surface area contributed by atoms with Gasteiger partial charge in [0.05, 0.1) is 0 Å². The molecule has 0 amide bonds. The minimum Gasteiger partial charge on any atom is -0.463 e. The maximum atomic E-state index is 11.4. The van der Waals surface area contributed by atoms with Gasteiger partial charge in [0.2, 0.25) is 6.29 Å². The summed E-state index contributed by atoms with van der Waals surface area (Å²) in [5.74, 6) is -2.36. The molecule has 1 rings (SSSR count). The van der Waals surface area contributed by atoms with Crippen LogP contribution in [0.2, 0.25) is 0 Å². The molecule has 14 nitrogen and oxygen atoms in total. The number of ether oxygens (including phenoxy) is 4. The van der Waals surface area contributed by atoms with Crippen LogP contribution in [0.5, 0.6) is 0 Å². The standard InChI is InChI=1S/C12H16N4O10/c1-5(17)22-4-8-10(23-6(2)18)11(24-7(3)19)9(14-15-13)12(25-8)26-16(20)21/h8-12H,4H2,1-3H3/t8-,9+,10-,11-,12-/m1/s1. The zero-order chi connectivity index (χ0) is 19.9. The van der Waals surface area contributed by atoms with Crippen molar-refractivity contribution in [3.8, 4) is 0 Å². The molecule has 1 fully saturated rings. The van der Waals surface area contributed by atoms with Crippen LogP contribution in [-0.4, -0.2) is 60.2 Å². The second kappa shape index (κ2) is 9.39. The highest BCUT2D eigenvalue weighted by atomic mass is 17.0. The van der Waals surface area contributed by atoms with Crippen molar-refractivity contribution in [3.05, 3.63) is 20.6 Å². The van der Waals surface area contributed by atoms with E-state index in [1.807, 2.05) is 0 Å². The Morgan fingerprint density at radius 3 is 2.19 bits per heavy atom. The lowest BCUT2D eigenvalue weighted by molar-refractivity contribution is -0.783. The van der Waals surface area contributed by atoms with Crippen molar-refractivity contribution in [2.24, 2.45) is 5.11 Å². The Morgan fingerprint density at radius 1 is 1.15 bits per heavy atom. The monoisotopic (exact) mass is 376 g/mol. The van der Waals surface area contributed by atoms with Crippen LogP contribution in [0.1, 0.15) is 20.8 Å². The Morgan fingerprint density at radius 2 is 1.73 bits per heavy atom. The van der Waals surface area contributed by atoms with E-state index in [4.69, 9.17) is 24.5 Å². The topological polar surface area (TPSA) is 189 Å². The summed E-state index contributed by atoms with van der Waals surface area (Å²) >= 11 is 0. The van der Waals surface area contributed by atoms with Gasteiger partial charge < -0.3 is 18.9 Å². The molecule has 14 heteroatoms. The Labute approximate surface area is 146 Å². The number of nitrogens with zero attached hydrogens (tertiary/aromatic N) is 4. The molecular formula is C12H16N4O10. The fraction of sp³-hybridized carbons (Fsp3) is 0.750. The lowest BCUT2D eigenvalue weighted by Gasteiger charge is -2.42. The predicted octanol–water partition coefficient (Wildman–Crippen LogP) is 0.0250. The van der Waals surface area contributed by atoms with Gasteiger partial charge in [-0.2, -0.15) is 0 Å². The molecule has 0 aromatic carbocycles. The van der Waals surface area contributed by atoms with Gasteiger partial charge >= 0.3 is 17.9 Å². The number of carbonyl (C=O) groups is 3. The van der Waals surface area contributed by atoms with Gasteiger partial charge in [0.15, 0.2) is 12.2 Å². The Balaban J connectivity index is 3.28. The molecule has 0 bridgehead atoms. The third kappa shape index (κ3) is 6.07. The first-order chi connectivity index (χ1) is 12.1. The van der Waals surface area contributed by atoms with Gasteiger partial charge in [-0.1, -0.05) is 5.11 Å². The van der Waals surface area contributed by atoms with Crippen LogP contribution in [-0.2, 0) is 38.2 Å². The van der Waals surface area contributed by atoms with Crippen molar-refractivity contribution >= 4 is 17.9 Å². The van der Waals surface area contributed by atoms with Crippen molar-refractivity contribution in [2.45, 2.75) is 51.4 Å². The highest BCUT2D eigenvalue weighted by Gasteiger charge is 2.51. The van der Waals surface area contributed by atoms with Gasteiger partial charge in [0.25, 0.3) is 5.09 Å². The molecular weight excluding hydrogens is 360 g/mol. The predicted molar refractivity (Wildman–Crippen MR) is 77.4 cm³/mol. The fourth-order valence-electron chi connectivity index (χ4n) is 2.24. The smallest absolute Gasteiger partial charge is 0.303 e. The Bertz CT molecular complexity index is 619. The first-order valence-electron chi connectivity index (χ1n) is 7.14. The SMILES string of the molecule is CC(=O)OC[C@H]1O[C@H](O[N+](=O)[O-])[C@@H](N=[N+]=[N-])[C@@H](OC(C)=O)[C@@H]1OC(C)=O. The van der Waals surface area contributed by atoms with Crippen LogP contribution in [0, 0.1) is 10.1 Å². The second-order valence-corrected chi connectivity index (χ2v) is 5.02. The van der Waals surface area contributed by atoms with Crippen molar-refractivity contribution in [3.63, 3.8) is 0 Å². The van der Waals surface area contributed by atoms with E-state index in [1.165, 1.54) is 0 Å². The van der Waals surface area contributed by atoms with E-state index in [-0.39, 0.29) is 0 Å². The minimum atomic E-state index is -1.79. The molecule has 144 valence electrons. The van der Waals surface area contributed by atoms with Crippen LogP contribution >= 0.6 is 0 Å². The molecule has 0 saturated carbocycles. The third-order valence-corrected chi connectivity index (χ3v) is 3.04. The molecule has 0 aromatic rings. The molecule has 0 aliphatic carbocycles. The van der Waals surface area contributed by atoms with Gasteiger partial charge in [-0.25, -0.2) is 0 Å². The molecule has 0 radical (unpaired) electrons. The first-order valence-corrected chi connectivity index (χ1v) is 7.14. The molecule has 1 saturated heterocycles. The van der Waals surface area contributed by atoms with Crippen LogP contribution in [0.15, 0.2) is 5.11 Å². The lowest BCUT2D eigenvalue weighted by Crippen LogP contribution is -2.61. The molecule has 5 atom stereocenters. The highest BCUT2D eigenvalue weighted by Crippen LogP contribution is 2.29. The summed E-state index contributed by atoms with van der Waals surface area (Å²) in [6, 6.07) is -1.55. The largest absolute Gasteiger partial charge is 0.463 e. The average Bonchev–Trinajstić information content (AvgIpc) is 2.49. The van der Waals surface area contributed by atoms with E-state index in [0.717, 1.165) is 20.8 Å². The maximum absolute atomic E-state index is 11.4. The summed E-state index contributed by atoms with van der Waals surface area (Å²) in [7, 11) is 0. The average molecular weight is 376 g/mol. The zero-order valence-electron chi connectivity index (χ0n) is 14.0. The van der Waals surface area contributed by atoms with Crippen LogP contribution in [0.4, 0.5) is 0 Å². The number of azide groups is 1. The summed E-state index contributed by atoms with van der Waals surface area (Å²) < 4.78 is 20.1. The number of hydrogen-bond acceptors (Lipinski definition) is 11. The molecule has 1 aliphatic heterocycles. The second-order valence-electron chi connectivity index (χ2n) is 5.02. The molecule has 1 aliphatic rings. The highest BCUT2D eigenvalue weighted by molar-refractivity contribution is 5.68. The Kier molecular flexibility index (Phi) is 7.55. The van der Waals surface area contributed by atoms with Gasteiger partial charge in [-0.05, 0) is 5.53 Å². The van der Waals surface area contributed by atoms with E-state index in [1.54, 1.807) is 0 Å². The lowest BCUT2D eigenvalue weighted by atomic mass is 9.97. The van der Waals surface area contributed by atoms with Crippen LogP contribution in [0.3, 0.4) is 0 Å². The van der Waals surface area contributed by atoms with Gasteiger partial charge in [0.1, 0.15) is 18.8 Å². The van der Waals surface area contributed by atoms with E-state index in [2.05, 4.69) is 14.9 Å². The summed E-state index contributed by atoms with van der Waals surface area (Å²) in [5.41, 5.74) is 8.69. The Hall–Kier alpha value is -3.12. The van der Waals surface area contributed by atoms with Crippen molar-refractivity contribution in [1.29, 1.82) is 0 Å². The number of esters is 3. The summed E-state index contributed by atoms with van der Waals surface area (Å²) in [5, 5.41) is 12.8. The van der Waals surface area contributed by atoms with Crippen LogP contribution in [0.25, 0.3) is 10.4 Å². The molecule has 0 N–H and O–H groups in total. The molecule has 0 spiro atoms. The number of hydrogen-bond donors (Lipinski definition) is 0. The summed E-state index contributed by atoms with van der Waals surface area (Å²) in [6.07, 6.45) is -5.94. The molecule has 26 heavy (non-hydrogen) atoms. The molecule has 0 unspecified atom stereocenters. The minimum absolute atomic E-state index is 0.494. The number of rotatable bonds is 7. The maximum Gasteiger partial charge on any atom is 0.303 e. The van der Waals surface area contributed by atoms with Gasteiger partial charge in [-0.15, -0.1) is 10.1 Å². The van der Waals surface area contributed by atoms with Gasteiger partial charge in [-0.3, -0.25) is 19.2 Å². The van der Waals surface area contributed by atoms with Crippen molar-refractivity contribution < 1.29 is 43.3 Å². The van der Waals surface area contributed by atoms with Gasteiger partial charge in [0, 0.05) is 25.7 Å².